The molecule has 0 saturated carbocycles. The minimum atomic E-state index is 0.212. The average Bonchev–Trinajstić information content (AvgIpc) is 2.51. The number of ketones is 1. The molecule has 0 unspecified atom stereocenters. The molecule has 0 aliphatic heterocycles. The highest BCUT2D eigenvalue weighted by Gasteiger charge is 2.08. The van der Waals surface area contributed by atoms with Crippen molar-refractivity contribution in [2.75, 3.05) is 0 Å². The first-order valence-electron chi connectivity index (χ1n) is 6.84. The molecule has 2 aromatic carbocycles. The lowest BCUT2D eigenvalue weighted by Crippen LogP contribution is -1.94. The van der Waals surface area contributed by atoms with E-state index in [1.54, 1.807) is 6.07 Å². The second kappa shape index (κ2) is 7.44. The molecule has 0 saturated heterocycles. The smallest absolute Gasteiger partial charge is 0.136 e. The molecule has 0 N–H and O–H groups in total. The number of carbonyl (C=O) groups excluding carboxylic acids is 1. The van der Waals surface area contributed by atoms with Crippen LogP contribution in [0.5, 0.6) is 0 Å². The van der Waals surface area contributed by atoms with Gasteiger partial charge in [-0.05, 0) is 28.8 Å². The van der Waals surface area contributed by atoms with Crippen LogP contribution in [0, 0.1) is 0 Å². The number of halogens is 2. The van der Waals surface area contributed by atoms with Gasteiger partial charge in [-0.1, -0.05) is 72.6 Å². The van der Waals surface area contributed by atoms with Crippen molar-refractivity contribution in [3.63, 3.8) is 0 Å². The normalized spacial score (nSPS) is 11.5. The molecule has 0 atom stereocenters. The van der Waals surface area contributed by atoms with Crippen LogP contribution < -0.4 is 0 Å². The van der Waals surface area contributed by atoms with Crippen molar-refractivity contribution in [1.82, 2.24) is 0 Å². The van der Waals surface area contributed by atoms with Gasteiger partial charge in [0.05, 0.1) is 10.0 Å². The Bertz CT molecular complexity index is 660. The highest BCUT2D eigenvalue weighted by Crippen LogP contribution is 2.30. The summed E-state index contributed by atoms with van der Waals surface area (Å²) in [7, 11) is 0. The molecule has 0 aromatic heterocycles. The summed E-state index contributed by atoms with van der Waals surface area (Å²) in [6, 6.07) is 15.5. The lowest BCUT2D eigenvalue weighted by molar-refractivity contribution is -0.117. The van der Waals surface area contributed by atoms with E-state index in [-0.39, 0.29) is 5.78 Å². The van der Waals surface area contributed by atoms with Crippen LogP contribution in [0.1, 0.15) is 30.9 Å². The van der Waals surface area contributed by atoms with Gasteiger partial charge in [0.25, 0.3) is 0 Å². The summed E-state index contributed by atoms with van der Waals surface area (Å²) in [5.74, 6) is 0.212. The summed E-state index contributed by atoms with van der Waals surface area (Å²) in [6.07, 6.45) is 2.92. The minimum absolute atomic E-state index is 0.212. The lowest BCUT2D eigenvalue weighted by Gasteiger charge is -2.10. The predicted molar refractivity (Wildman–Crippen MR) is 89.9 cm³/mol. The summed E-state index contributed by atoms with van der Waals surface area (Å²) in [6.45, 7) is 1.87. The van der Waals surface area contributed by atoms with Crippen LogP contribution in [0.4, 0.5) is 0 Å². The fraction of sp³-hybridized carbons (Fsp3) is 0.167. The second-order valence-electron chi connectivity index (χ2n) is 4.71. The van der Waals surface area contributed by atoms with E-state index in [1.807, 2.05) is 55.5 Å². The van der Waals surface area contributed by atoms with E-state index in [4.69, 9.17) is 23.2 Å². The van der Waals surface area contributed by atoms with Gasteiger partial charge >= 0.3 is 0 Å². The minimum Gasteiger partial charge on any atom is -0.299 e. The van der Waals surface area contributed by atoms with Crippen molar-refractivity contribution >= 4 is 34.6 Å². The van der Waals surface area contributed by atoms with Crippen molar-refractivity contribution < 1.29 is 4.79 Å². The van der Waals surface area contributed by atoms with E-state index < -0.39 is 0 Å². The third kappa shape index (κ3) is 4.20. The third-order valence-electron chi connectivity index (χ3n) is 3.24. The number of Topliss-reactive ketones (excluding diaryl/α,β-unsaturated/α-hetero) is 1. The number of hydrogen-bond donors (Lipinski definition) is 0. The van der Waals surface area contributed by atoms with Crippen molar-refractivity contribution in [2.24, 2.45) is 0 Å². The second-order valence-corrected chi connectivity index (χ2v) is 5.52. The van der Waals surface area contributed by atoms with Gasteiger partial charge in [-0.3, -0.25) is 4.79 Å². The molecule has 0 bridgehead atoms. The Kier molecular flexibility index (Phi) is 5.60. The Morgan fingerprint density at radius 2 is 1.71 bits per heavy atom. The lowest BCUT2D eigenvalue weighted by atomic mass is 9.96. The summed E-state index contributed by atoms with van der Waals surface area (Å²) in [5.41, 5.74) is 3.01. The van der Waals surface area contributed by atoms with Gasteiger partial charge in [0, 0.05) is 12.8 Å². The van der Waals surface area contributed by atoms with Crippen LogP contribution in [0.3, 0.4) is 0 Å². The van der Waals surface area contributed by atoms with Gasteiger partial charge in [0.2, 0.25) is 0 Å². The van der Waals surface area contributed by atoms with E-state index in [2.05, 4.69) is 0 Å². The predicted octanol–water partition coefficient (Wildman–Crippen LogP) is 5.79. The maximum atomic E-state index is 11.6. The molecule has 2 aromatic rings. The van der Waals surface area contributed by atoms with E-state index >= 15 is 0 Å². The Morgan fingerprint density at radius 1 is 1.00 bits per heavy atom. The molecule has 1 nitrogen and oxygen atoms in total. The van der Waals surface area contributed by atoms with E-state index in [0.29, 0.717) is 22.9 Å². The Morgan fingerprint density at radius 3 is 2.33 bits per heavy atom. The molecule has 3 heteroatoms. The van der Waals surface area contributed by atoms with Crippen LogP contribution in [0.15, 0.2) is 54.6 Å². The van der Waals surface area contributed by atoms with Crippen LogP contribution >= 0.6 is 23.2 Å². The van der Waals surface area contributed by atoms with E-state index in [0.717, 1.165) is 16.7 Å². The quantitative estimate of drug-likeness (QED) is 0.681. The van der Waals surface area contributed by atoms with Crippen molar-refractivity contribution in [3.05, 3.63) is 75.8 Å². The molecular formula is C18H16Cl2O. The van der Waals surface area contributed by atoms with Crippen LogP contribution in [0.25, 0.3) is 5.57 Å². The molecular weight excluding hydrogens is 303 g/mol. The average molecular weight is 319 g/mol. The zero-order chi connectivity index (χ0) is 15.2. The molecule has 0 aliphatic carbocycles. The molecule has 0 amide bonds. The topological polar surface area (TPSA) is 17.1 Å². The van der Waals surface area contributed by atoms with E-state index in [1.165, 1.54) is 0 Å². The molecule has 21 heavy (non-hydrogen) atoms. The molecule has 0 spiro atoms. The highest BCUT2D eigenvalue weighted by molar-refractivity contribution is 6.42. The van der Waals surface area contributed by atoms with Crippen LogP contribution in [0.2, 0.25) is 10.0 Å². The summed E-state index contributed by atoms with van der Waals surface area (Å²) in [5, 5.41) is 1.04. The van der Waals surface area contributed by atoms with Crippen LogP contribution in [-0.2, 0) is 4.79 Å². The summed E-state index contributed by atoms with van der Waals surface area (Å²) in [4.78, 5) is 11.6. The molecule has 0 fully saturated rings. The molecule has 0 heterocycles. The van der Waals surface area contributed by atoms with Crippen molar-refractivity contribution in [3.8, 4) is 0 Å². The SMILES string of the molecule is CCC(=O)C/C=C(\c1ccccc1)c1ccc(Cl)c(Cl)c1. The maximum Gasteiger partial charge on any atom is 0.136 e. The monoisotopic (exact) mass is 318 g/mol. The summed E-state index contributed by atoms with van der Waals surface area (Å²) >= 11 is 12.1. The van der Waals surface area contributed by atoms with Gasteiger partial charge in [0.15, 0.2) is 0 Å². The maximum absolute atomic E-state index is 11.6. The van der Waals surface area contributed by atoms with E-state index in [9.17, 15) is 4.79 Å². The Labute approximate surface area is 135 Å². The first kappa shape index (κ1) is 15.8. The highest BCUT2D eigenvalue weighted by atomic mass is 35.5. The fourth-order valence-electron chi connectivity index (χ4n) is 2.04. The first-order valence-corrected chi connectivity index (χ1v) is 7.60. The number of allylic oxidation sites excluding steroid dienone is 1. The van der Waals surface area contributed by atoms with Gasteiger partial charge < -0.3 is 0 Å². The number of hydrogen-bond acceptors (Lipinski definition) is 1. The van der Waals surface area contributed by atoms with Crippen molar-refractivity contribution in [2.45, 2.75) is 19.8 Å². The number of benzene rings is 2. The molecule has 0 radical (unpaired) electrons. The van der Waals surface area contributed by atoms with Gasteiger partial charge in [-0.15, -0.1) is 0 Å². The number of rotatable bonds is 5. The Balaban J connectivity index is 2.45. The van der Waals surface area contributed by atoms with Gasteiger partial charge in [-0.25, -0.2) is 0 Å². The van der Waals surface area contributed by atoms with Gasteiger partial charge in [-0.2, -0.15) is 0 Å². The summed E-state index contributed by atoms with van der Waals surface area (Å²) < 4.78 is 0. The van der Waals surface area contributed by atoms with Crippen LogP contribution in [-0.4, -0.2) is 5.78 Å². The third-order valence-corrected chi connectivity index (χ3v) is 3.98. The molecule has 108 valence electrons. The van der Waals surface area contributed by atoms with Gasteiger partial charge in [0.1, 0.15) is 5.78 Å². The zero-order valence-corrected chi connectivity index (χ0v) is 13.3. The van der Waals surface area contributed by atoms with Crippen molar-refractivity contribution in [1.29, 1.82) is 0 Å². The molecule has 0 aliphatic rings. The largest absolute Gasteiger partial charge is 0.299 e. The molecule has 2 rings (SSSR count). The first-order chi connectivity index (χ1) is 10.1. The Hall–Kier alpha value is -1.57. The number of carbonyl (C=O) groups is 1. The standard InChI is InChI=1S/C18H16Cl2O/c1-2-15(21)9-10-16(13-6-4-3-5-7-13)14-8-11-17(19)18(20)12-14/h3-8,10-12H,2,9H2,1H3/b16-10+. The fourth-order valence-corrected chi connectivity index (χ4v) is 2.34. The zero-order valence-electron chi connectivity index (χ0n) is 11.8.